The lowest BCUT2D eigenvalue weighted by Crippen LogP contribution is -2.49. The number of alkyl halides is 1. The monoisotopic (exact) mass is 412 g/mol. The van der Waals surface area contributed by atoms with E-state index in [1.165, 1.54) is 13.0 Å². The topological polar surface area (TPSA) is 113 Å². The Hall–Kier alpha value is -1.67. The molecule has 7 atom stereocenters. The zero-order valence-corrected chi connectivity index (χ0v) is 16.6. The van der Waals surface area contributed by atoms with Crippen LogP contribution in [-0.4, -0.2) is 63.2 Å². The maximum atomic E-state index is 12.4. The molecule has 7 nitrogen and oxygen atoms in total. The highest BCUT2D eigenvalue weighted by atomic mass is 35.5. The smallest absolute Gasteiger partial charge is 0.334 e. The van der Waals surface area contributed by atoms with E-state index < -0.39 is 53.1 Å². The van der Waals surface area contributed by atoms with Crippen molar-refractivity contribution in [2.24, 2.45) is 17.8 Å². The van der Waals surface area contributed by atoms with Gasteiger partial charge in [0, 0.05) is 29.4 Å². The van der Waals surface area contributed by atoms with E-state index in [1.54, 1.807) is 19.1 Å². The van der Waals surface area contributed by atoms with E-state index in [2.05, 4.69) is 6.58 Å². The van der Waals surface area contributed by atoms with Crippen LogP contribution >= 0.6 is 11.6 Å². The number of hydrogen-bond donors (Lipinski definition) is 3. The summed E-state index contributed by atoms with van der Waals surface area (Å²) in [6.07, 6.45) is 2.75. The van der Waals surface area contributed by atoms with Gasteiger partial charge in [-0.2, -0.15) is 0 Å². The van der Waals surface area contributed by atoms with Crippen molar-refractivity contribution in [1.82, 2.24) is 0 Å². The first kappa shape index (κ1) is 21.0. The first-order valence-electron chi connectivity index (χ1n) is 9.14. The number of fused-ring (bicyclic) bond motifs is 3. The molecule has 0 amide bonds. The summed E-state index contributed by atoms with van der Waals surface area (Å²) in [5.74, 6) is -3.44. The van der Waals surface area contributed by atoms with Gasteiger partial charge in [-0.1, -0.05) is 18.7 Å². The number of carbonyl (C=O) groups excluding carboxylic acids is 2. The van der Waals surface area contributed by atoms with E-state index in [-0.39, 0.29) is 30.1 Å². The van der Waals surface area contributed by atoms with Crippen molar-refractivity contribution in [3.63, 3.8) is 0 Å². The minimum absolute atomic E-state index is 0.0486. The summed E-state index contributed by atoms with van der Waals surface area (Å²) in [4.78, 5) is 24.7. The molecule has 0 aromatic carbocycles. The molecule has 3 rings (SSSR count). The van der Waals surface area contributed by atoms with Crippen molar-refractivity contribution in [3.05, 3.63) is 36.0 Å². The van der Waals surface area contributed by atoms with Crippen LogP contribution in [0.3, 0.4) is 0 Å². The second-order valence-electron chi connectivity index (χ2n) is 8.01. The molecule has 1 aliphatic heterocycles. The quantitative estimate of drug-likeness (QED) is 0.271. The van der Waals surface area contributed by atoms with Gasteiger partial charge in [-0.25, -0.2) is 9.59 Å². The molecular weight excluding hydrogens is 388 g/mol. The molecule has 28 heavy (non-hydrogen) atoms. The Morgan fingerprint density at radius 3 is 2.79 bits per heavy atom. The molecule has 2 fully saturated rings. The van der Waals surface area contributed by atoms with Gasteiger partial charge < -0.3 is 24.8 Å². The third-order valence-electron chi connectivity index (χ3n) is 6.10. The molecule has 0 bridgehead atoms. The van der Waals surface area contributed by atoms with Gasteiger partial charge in [0.15, 0.2) is 0 Å². The molecule has 0 aromatic rings. The van der Waals surface area contributed by atoms with Gasteiger partial charge in [-0.3, -0.25) is 0 Å². The highest BCUT2D eigenvalue weighted by Crippen LogP contribution is 2.53. The zero-order chi connectivity index (χ0) is 20.9. The summed E-state index contributed by atoms with van der Waals surface area (Å²) >= 11 is 6.11. The Labute approximate surface area is 168 Å². The summed E-state index contributed by atoms with van der Waals surface area (Å²) in [5, 5.41) is 31.2. The average Bonchev–Trinajstić information content (AvgIpc) is 3.06. The summed E-state index contributed by atoms with van der Waals surface area (Å²) in [7, 11) is 0. The molecule has 0 radical (unpaired) electrons. The SMILES string of the molecule is C=C1C(=O)OC2C1C(OC(=O)C(C)=CCO)CC(O)(CCl)C1C=CC(C)(O)C21. The fourth-order valence-corrected chi connectivity index (χ4v) is 4.89. The molecular formula is C20H25ClO7. The number of halogens is 1. The Balaban J connectivity index is 2.04. The summed E-state index contributed by atoms with van der Waals surface area (Å²) in [6.45, 7) is 6.55. The minimum atomic E-state index is -1.49. The van der Waals surface area contributed by atoms with E-state index >= 15 is 0 Å². The van der Waals surface area contributed by atoms with Crippen LogP contribution < -0.4 is 0 Å². The van der Waals surface area contributed by atoms with Crippen molar-refractivity contribution >= 4 is 23.5 Å². The third-order valence-corrected chi connectivity index (χ3v) is 6.57. The Bertz CT molecular complexity index is 756. The zero-order valence-electron chi connectivity index (χ0n) is 15.8. The molecule has 2 aliphatic carbocycles. The van der Waals surface area contributed by atoms with Crippen LogP contribution in [0.4, 0.5) is 0 Å². The van der Waals surface area contributed by atoms with Gasteiger partial charge >= 0.3 is 11.9 Å². The standard InChI is InChI=1S/C20H25ClO7/c1-10(5-7-22)17(23)27-13-8-20(26,9-21)12-4-6-19(3,25)15(12)16-14(13)11(2)18(24)28-16/h4-6,12-16,22,25-26H,2,7-9H2,1,3H3. The van der Waals surface area contributed by atoms with Crippen LogP contribution in [-0.2, 0) is 19.1 Å². The Morgan fingerprint density at radius 1 is 1.50 bits per heavy atom. The Morgan fingerprint density at radius 2 is 2.18 bits per heavy atom. The van der Waals surface area contributed by atoms with Crippen molar-refractivity contribution in [1.29, 1.82) is 0 Å². The maximum Gasteiger partial charge on any atom is 0.334 e. The number of aliphatic hydroxyl groups excluding tert-OH is 1. The van der Waals surface area contributed by atoms with E-state index in [9.17, 15) is 19.8 Å². The maximum absolute atomic E-state index is 12.4. The average molecular weight is 413 g/mol. The normalized spacial score (nSPS) is 42.6. The number of ether oxygens (including phenoxy) is 2. The van der Waals surface area contributed by atoms with Crippen LogP contribution in [0.5, 0.6) is 0 Å². The lowest BCUT2D eigenvalue weighted by atomic mass is 9.73. The van der Waals surface area contributed by atoms with Gasteiger partial charge in [0.25, 0.3) is 0 Å². The summed E-state index contributed by atoms with van der Waals surface area (Å²) < 4.78 is 11.1. The lowest BCUT2D eigenvalue weighted by molar-refractivity contribution is -0.151. The van der Waals surface area contributed by atoms with E-state index in [1.807, 2.05) is 0 Å². The third kappa shape index (κ3) is 3.30. The van der Waals surface area contributed by atoms with Crippen LogP contribution in [0.25, 0.3) is 0 Å². The minimum Gasteiger partial charge on any atom is -0.458 e. The first-order chi connectivity index (χ1) is 13.1. The van der Waals surface area contributed by atoms with Gasteiger partial charge in [-0.05, 0) is 19.9 Å². The fourth-order valence-electron chi connectivity index (χ4n) is 4.60. The van der Waals surface area contributed by atoms with Crippen molar-refractivity contribution in [2.45, 2.75) is 43.7 Å². The fraction of sp³-hybridized carbons (Fsp3) is 0.600. The molecule has 3 N–H and O–H groups in total. The molecule has 3 aliphatic rings. The largest absolute Gasteiger partial charge is 0.458 e. The summed E-state index contributed by atoms with van der Waals surface area (Å²) in [6, 6.07) is 0. The van der Waals surface area contributed by atoms with Crippen LogP contribution in [0.1, 0.15) is 20.3 Å². The lowest BCUT2D eigenvalue weighted by Gasteiger charge is -2.38. The van der Waals surface area contributed by atoms with Crippen LogP contribution in [0, 0.1) is 17.8 Å². The predicted octanol–water partition coefficient (Wildman–Crippen LogP) is 0.861. The number of carbonyl (C=O) groups is 2. The van der Waals surface area contributed by atoms with Gasteiger partial charge in [0.2, 0.25) is 0 Å². The first-order valence-corrected chi connectivity index (χ1v) is 9.67. The second kappa shape index (κ2) is 7.30. The second-order valence-corrected chi connectivity index (χ2v) is 8.28. The van der Waals surface area contributed by atoms with Gasteiger partial charge in [-0.15, -0.1) is 11.6 Å². The number of esters is 2. The summed E-state index contributed by atoms with van der Waals surface area (Å²) in [5.41, 5.74) is -2.50. The number of rotatable bonds is 4. The molecule has 0 aromatic heterocycles. The van der Waals surface area contributed by atoms with Crippen molar-refractivity contribution in [3.8, 4) is 0 Å². The van der Waals surface area contributed by atoms with Gasteiger partial charge in [0.1, 0.15) is 12.2 Å². The highest BCUT2D eigenvalue weighted by molar-refractivity contribution is 6.18. The number of hydrogen-bond acceptors (Lipinski definition) is 7. The molecule has 0 spiro atoms. The molecule has 7 unspecified atom stereocenters. The predicted molar refractivity (Wildman–Crippen MR) is 100 cm³/mol. The van der Waals surface area contributed by atoms with Gasteiger partial charge in [0.05, 0.1) is 29.6 Å². The molecule has 1 saturated carbocycles. The Kier molecular flexibility index (Phi) is 5.49. The van der Waals surface area contributed by atoms with E-state index in [0.29, 0.717) is 0 Å². The van der Waals surface area contributed by atoms with Crippen molar-refractivity contribution in [2.75, 3.05) is 12.5 Å². The highest BCUT2D eigenvalue weighted by Gasteiger charge is 2.63. The van der Waals surface area contributed by atoms with Crippen LogP contribution in [0.15, 0.2) is 36.0 Å². The molecule has 1 heterocycles. The molecule has 154 valence electrons. The molecule has 1 saturated heterocycles. The van der Waals surface area contributed by atoms with E-state index in [0.717, 1.165) is 0 Å². The number of aliphatic hydroxyl groups is 3. The van der Waals surface area contributed by atoms with Crippen molar-refractivity contribution < 1.29 is 34.4 Å². The van der Waals surface area contributed by atoms with E-state index in [4.69, 9.17) is 26.2 Å². The van der Waals surface area contributed by atoms with Crippen LogP contribution in [0.2, 0.25) is 0 Å². The molecule has 8 heteroatoms.